The number of carbonyl (C=O) groups is 2. The molecule has 138 valence electrons. The van der Waals surface area contributed by atoms with E-state index in [1.165, 1.54) is 0 Å². The molecule has 2 aliphatic rings. The Labute approximate surface area is 148 Å². The number of rotatable bonds is 2. The van der Waals surface area contributed by atoms with E-state index in [1.54, 1.807) is 20.7 Å². The van der Waals surface area contributed by atoms with Crippen molar-refractivity contribution in [3.8, 4) is 0 Å². The molecule has 0 aliphatic carbocycles. The van der Waals surface area contributed by atoms with Crippen LogP contribution in [0.4, 0.5) is 4.79 Å². The Balaban J connectivity index is 1.62. The zero-order valence-corrected chi connectivity index (χ0v) is 15.4. The first kappa shape index (κ1) is 17.7. The van der Waals surface area contributed by atoms with Gasteiger partial charge in [-0.2, -0.15) is 0 Å². The lowest BCUT2D eigenvalue weighted by atomic mass is 10.0. The van der Waals surface area contributed by atoms with Gasteiger partial charge in [0.2, 0.25) is 0 Å². The highest BCUT2D eigenvalue weighted by atomic mass is 16.6. The predicted octanol–water partition coefficient (Wildman–Crippen LogP) is 1.94. The molecule has 8 heteroatoms. The van der Waals surface area contributed by atoms with Gasteiger partial charge in [-0.15, -0.1) is 5.10 Å². The molecule has 0 saturated carbocycles. The standard InChI is InChI=1S/C17H27N5O3/c1-12-8-21(9-12)15(23)14-11-22(19-18-14)13-6-5-7-20(10-13)16(24)25-17(2,3)4/h11-13H,5-10H2,1-4H3. The molecule has 2 amide bonds. The van der Waals surface area contributed by atoms with Crippen LogP contribution in [0.15, 0.2) is 6.20 Å². The van der Waals surface area contributed by atoms with Gasteiger partial charge in [-0.25, -0.2) is 9.48 Å². The van der Waals surface area contributed by atoms with Gasteiger partial charge in [-0.1, -0.05) is 12.1 Å². The Morgan fingerprint density at radius 3 is 2.56 bits per heavy atom. The zero-order valence-electron chi connectivity index (χ0n) is 15.4. The van der Waals surface area contributed by atoms with Gasteiger partial charge in [0.25, 0.3) is 5.91 Å². The van der Waals surface area contributed by atoms with Crippen LogP contribution in [0.5, 0.6) is 0 Å². The highest BCUT2D eigenvalue weighted by Gasteiger charge is 2.32. The number of piperidine rings is 1. The Morgan fingerprint density at radius 2 is 1.92 bits per heavy atom. The van der Waals surface area contributed by atoms with E-state index in [1.807, 2.05) is 20.8 Å². The largest absolute Gasteiger partial charge is 0.444 e. The molecule has 2 aliphatic heterocycles. The first-order valence-corrected chi connectivity index (χ1v) is 8.92. The smallest absolute Gasteiger partial charge is 0.410 e. The number of aromatic nitrogens is 3. The van der Waals surface area contributed by atoms with E-state index in [4.69, 9.17) is 4.74 Å². The monoisotopic (exact) mass is 349 g/mol. The van der Waals surface area contributed by atoms with E-state index in [0.717, 1.165) is 25.9 Å². The van der Waals surface area contributed by atoms with Crippen molar-refractivity contribution in [2.45, 2.75) is 52.2 Å². The van der Waals surface area contributed by atoms with Crippen LogP contribution in [0, 0.1) is 5.92 Å². The maximum absolute atomic E-state index is 12.3. The summed E-state index contributed by atoms with van der Waals surface area (Å²) in [6.45, 7) is 10.5. The lowest BCUT2D eigenvalue weighted by molar-refractivity contribution is 0.0166. The minimum atomic E-state index is -0.509. The van der Waals surface area contributed by atoms with Crippen molar-refractivity contribution in [2.75, 3.05) is 26.2 Å². The van der Waals surface area contributed by atoms with Gasteiger partial charge in [-0.05, 0) is 39.5 Å². The fraction of sp³-hybridized carbons (Fsp3) is 0.765. The molecule has 1 aromatic heterocycles. The predicted molar refractivity (Wildman–Crippen MR) is 91.2 cm³/mol. The molecular weight excluding hydrogens is 322 g/mol. The molecule has 1 aromatic rings. The first-order valence-electron chi connectivity index (χ1n) is 8.92. The Kier molecular flexibility index (Phi) is 4.71. The van der Waals surface area contributed by atoms with Gasteiger partial charge in [0, 0.05) is 26.2 Å². The van der Waals surface area contributed by atoms with Crippen molar-refractivity contribution < 1.29 is 14.3 Å². The molecule has 1 unspecified atom stereocenters. The average Bonchev–Trinajstić information content (AvgIpc) is 3.00. The second kappa shape index (κ2) is 6.65. The summed E-state index contributed by atoms with van der Waals surface area (Å²) >= 11 is 0. The number of carbonyl (C=O) groups excluding carboxylic acids is 2. The third kappa shape index (κ3) is 4.11. The summed E-state index contributed by atoms with van der Waals surface area (Å²) in [5, 5.41) is 8.17. The molecule has 3 rings (SSSR count). The van der Waals surface area contributed by atoms with E-state index in [9.17, 15) is 9.59 Å². The van der Waals surface area contributed by atoms with Crippen LogP contribution < -0.4 is 0 Å². The lowest BCUT2D eigenvalue weighted by Gasteiger charge is -2.36. The quantitative estimate of drug-likeness (QED) is 0.815. The molecule has 1 atom stereocenters. The van der Waals surface area contributed by atoms with Gasteiger partial charge < -0.3 is 14.5 Å². The number of likely N-dealkylation sites (tertiary alicyclic amines) is 2. The van der Waals surface area contributed by atoms with Crippen LogP contribution in [-0.2, 0) is 4.74 Å². The maximum atomic E-state index is 12.3. The molecule has 0 radical (unpaired) electrons. The molecule has 0 aromatic carbocycles. The van der Waals surface area contributed by atoms with Crippen LogP contribution >= 0.6 is 0 Å². The van der Waals surface area contributed by atoms with Crippen molar-refractivity contribution in [3.63, 3.8) is 0 Å². The van der Waals surface area contributed by atoms with Crippen molar-refractivity contribution in [3.05, 3.63) is 11.9 Å². The highest BCUT2D eigenvalue weighted by Crippen LogP contribution is 2.23. The van der Waals surface area contributed by atoms with Crippen LogP contribution in [0.1, 0.15) is 57.1 Å². The Morgan fingerprint density at radius 1 is 1.20 bits per heavy atom. The van der Waals surface area contributed by atoms with E-state index < -0.39 is 5.60 Å². The SMILES string of the molecule is CC1CN(C(=O)c2cn(C3CCCN(C(=O)OC(C)(C)C)C3)nn2)C1. The van der Waals surface area contributed by atoms with Crippen molar-refractivity contribution in [1.29, 1.82) is 0 Å². The Bertz CT molecular complexity index is 645. The third-order valence-electron chi connectivity index (χ3n) is 4.50. The molecule has 2 saturated heterocycles. The van der Waals surface area contributed by atoms with Gasteiger partial charge in [-0.3, -0.25) is 4.79 Å². The van der Waals surface area contributed by atoms with Crippen LogP contribution in [0.2, 0.25) is 0 Å². The number of hydrogen-bond acceptors (Lipinski definition) is 5. The molecule has 3 heterocycles. The van der Waals surface area contributed by atoms with E-state index in [2.05, 4.69) is 17.2 Å². The normalized spacial score (nSPS) is 21.8. The van der Waals surface area contributed by atoms with Gasteiger partial charge in [0.05, 0.1) is 12.2 Å². The number of nitrogens with zero attached hydrogens (tertiary/aromatic N) is 5. The summed E-state index contributed by atoms with van der Waals surface area (Å²) in [4.78, 5) is 28.1. The van der Waals surface area contributed by atoms with Crippen molar-refractivity contribution in [1.82, 2.24) is 24.8 Å². The van der Waals surface area contributed by atoms with E-state index in [0.29, 0.717) is 24.7 Å². The van der Waals surface area contributed by atoms with Crippen LogP contribution in [0.25, 0.3) is 0 Å². The Hall–Kier alpha value is -2.12. The minimum absolute atomic E-state index is 0.0191. The third-order valence-corrected chi connectivity index (χ3v) is 4.50. The molecule has 0 N–H and O–H groups in total. The van der Waals surface area contributed by atoms with Crippen LogP contribution in [0.3, 0.4) is 0 Å². The maximum Gasteiger partial charge on any atom is 0.410 e. The molecule has 0 bridgehead atoms. The fourth-order valence-corrected chi connectivity index (χ4v) is 3.24. The van der Waals surface area contributed by atoms with Gasteiger partial charge >= 0.3 is 6.09 Å². The molecule has 2 fully saturated rings. The number of hydrogen-bond donors (Lipinski definition) is 0. The van der Waals surface area contributed by atoms with Gasteiger partial charge in [0.15, 0.2) is 5.69 Å². The lowest BCUT2D eigenvalue weighted by Crippen LogP contribution is -2.48. The molecule has 25 heavy (non-hydrogen) atoms. The first-order chi connectivity index (χ1) is 11.7. The summed E-state index contributed by atoms with van der Waals surface area (Å²) in [7, 11) is 0. The fourth-order valence-electron chi connectivity index (χ4n) is 3.24. The van der Waals surface area contributed by atoms with E-state index >= 15 is 0 Å². The van der Waals surface area contributed by atoms with Crippen molar-refractivity contribution in [2.24, 2.45) is 5.92 Å². The van der Waals surface area contributed by atoms with E-state index in [-0.39, 0.29) is 18.0 Å². The summed E-state index contributed by atoms with van der Waals surface area (Å²) in [6.07, 6.45) is 3.17. The highest BCUT2D eigenvalue weighted by molar-refractivity contribution is 5.92. The number of ether oxygens (including phenoxy) is 1. The molecular formula is C17H27N5O3. The second-order valence-electron chi connectivity index (χ2n) is 8.12. The molecule has 8 nitrogen and oxygen atoms in total. The topological polar surface area (TPSA) is 80.6 Å². The summed E-state index contributed by atoms with van der Waals surface area (Å²) in [6, 6.07) is 0.0191. The van der Waals surface area contributed by atoms with Gasteiger partial charge in [0.1, 0.15) is 5.60 Å². The average molecular weight is 349 g/mol. The molecule has 0 spiro atoms. The minimum Gasteiger partial charge on any atom is -0.444 e. The summed E-state index contributed by atoms with van der Waals surface area (Å²) in [5.41, 5.74) is -0.133. The summed E-state index contributed by atoms with van der Waals surface area (Å²) in [5.74, 6) is 0.490. The second-order valence-corrected chi connectivity index (χ2v) is 8.12. The van der Waals surface area contributed by atoms with Crippen molar-refractivity contribution >= 4 is 12.0 Å². The van der Waals surface area contributed by atoms with Crippen LogP contribution in [-0.4, -0.2) is 68.6 Å². The number of amides is 2. The zero-order chi connectivity index (χ0) is 18.2. The summed E-state index contributed by atoms with van der Waals surface area (Å²) < 4.78 is 7.16.